The Bertz CT molecular complexity index is 413. The lowest BCUT2D eigenvalue weighted by Crippen LogP contribution is -2.44. The highest BCUT2D eigenvalue weighted by Gasteiger charge is 2.30. The van der Waals surface area contributed by atoms with E-state index in [1.165, 1.54) is 0 Å². The average Bonchev–Trinajstić information content (AvgIpc) is 2.77. The van der Waals surface area contributed by atoms with Crippen LogP contribution in [0.2, 0.25) is 0 Å². The van der Waals surface area contributed by atoms with Crippen molar-refractivity contribution in [3.63, 3.8) is 0 Å². The minimum atomic E-state index is -0.170. The van der Waals surface area contributed by atoms with Gasteiger partial charge in [-0.1, -0.05) is 0 Å². The Kier molecular flexibility index (Phi) is 3.50. The van der Waals surface area contributed by atoms with Crippen molar-refractivity contribution >= 4 is 11.7 Å². The number of carbonyl (C=O) groups is 1. The molecular formula is C13H20N4O. The summed E-state index contributed by atoms with van der Waals surface area (Å²) in [7, 11) is 0. The van der Waals surface area contributed by atoms with Crippen molar-refractivity contribution in [2.75, 3.05) is 18.0 Å². The van der Waals surface area contributed by atoms with E-state index >= 15 is 0 Å². The largest absolute Gasteiger partial charge is 0.355 e. The van der Waals surface area contributed by atoms with Gasteiger partial charge in [-0.25, -0.2) is 4.98 Å². The van der Waals surface area contributed by atoms with Crippen molar-refractivity contribution in [3.8, 4) is 0 Å². The van der Waals surface area contributed by atoms with E-state index in [0.717, 1.165) is 25.3 Å². The molecule has 98 valence electrons. The first-order chi connectivity index (χ1) is 8.46. The maximum atomic E-state index is 12.1. The molecule has 0 saturated carbocycles. The fourth-order valence-electron chi connectivity index (χ4n) is 2.11. The van der Waals surface area contributed by atoms with Gasteiger partial charge in [-0.15, -0.1) is 0 Å². The molecule has 5 heteroatoms. The van der Waals surface area contributed by atoms with Crippen LogP contribution in [0.1, 0.15) is 27.2 Å². The van der Waals surface area contributed by atoms with Crippen LogP contribution >= 0.6 is 0 Å². The lowest BCUT2D eigenvalue weighted by atomic mass is 10.0. The Morgan fingerprint density at radius 2 is 2.22 bits per heavy atom. The van der Waals surface area contributed by atoms with E-state index in [1.807, 2.05) is 20.8 Å². The van der Waals surface area contributed by atoms with Crippen LogP contribution in [0, 0.1) is 5.92 Å². The Morgan fingerprint density at radius 1 is 1.44 bits per heavy atom. The topological polar surface area (TPSA) is 58.1 Å². The van der Waals surface area contributed by atoms with Crippen LogP contribution < -0.4 is 10.2 Å². The second kappa shape index (κ2) is 4.92. The second-order valence-corrected chi connectivity index (χ2v) is 5.73. The molecule has 1 fully saturated rings. The summed E-state index contributed by atoms with van der Waals surface area (Å²) in [5, 5.41) is 3.03. The number of nitrogens with zero attached hydrogens (tertiary/aromatic N) is 3. The molecule has 1 N–H and O–H groups in total. The van der Waals surface area contributed by atoms with Gasteiger partial charge < -0.3 is 10.2 Å². The van der Waals surface area contributed by atoms with E-state index in [9.17, 15) is 4.79 Å². The van der Waals surface area contributed by atoms with Crippen LogP contribution in [0.15, 0.2) is 18.6 Å². The Labute approximate surface area is 108 Å². The van der Waals surface area contributed by atoms with Crippen LogP contribution in [0.5, 0.6) is 0 Å². The van der Waals surface area contributed by atoms with Crippen LogP contribution in [0.3, 0.4) is 0 Å². The third-order valence-electron chi connectivity index (χ3n) is 2.93. The molecule has 1 aliphatic heterocycles. The average molecular weight is 248 g/mol. The maximum Gasteiger partial charge on any atom is 0.225 e. The highest BCUT2D eigenvalue weighted by molar-refractivity contribution is 5.80. The number of amides is 1. The van der Waals surface area contributed by atoms with Crippen molar-refractivity contribution in [3.05, 3.63) is 18.6 Å². The summed E-state index contributed by atoms with van der Waals surface area (Å²) < 4.78 is 0. The lowest BCUT2D eigenvalue weighted by Gasteiger charge is -2.23. The third-order valence-corrected chi connectivity index (χ3v) is 2.93. The Balaban J connectivity index is 1.95. The Hall–Kier alpha value is -1.65. The summed E-state index contributed by atoms with van der Waals surface area (Å²) in [5.74, 6) is 1.03. The molecule has 1 aliphatic rings. The fraction of sp³-hybridized carbons (Fsp3) is 0.615. The fourth-order valence-corrected chi connectivity index (χ4v) is 2.11. The Morgan fingerprint density at radius 3 is 2.83 bits per heavy atom. The zero-order valence-corrected chi connectivity index (χ0v) is 11.2. The summed E-state index contributed by atoms with van der Waals surface area (Å²) in [6.07, 6.45) is 5.95. The molecule has 1 aromatic heterocycles. The van der Waals surface area contributed by atoms with Gasteiger partial charge in [0.05, 0.1) is 12.1 Å². The molecule has 2 heterocycles. The highest BCUT2D eigenvalue weighted by atomic mass is 16.2. The van der Waals surface area contributed by atoms with Crippen molar-refractivity contribution < 1.29 is 4.79 Å². The number of anilines is 1. The van der Waals surface area contributed by atoms with Crippen molar-refractivity contribution in [1.29, 1.82) is 0 Å². The van der Waals surface area contributed by atoms with Crippen molar-refractivity contribution in [2.24, 2.45) is 5.92 Å². The first-order valence-electron chi connectivity index (χ1n) is 6.29. The molecule has 1 unspecified atom stereocenters. The van der Waals surface area contributed by atoms with Gasteiger partial charge in [0.1, 0.15) is 5.82 Å². The molecule has 1 amide bonds. The van der Waals surface area contributed by atoms with Gasteiger partial charge in [0.2, 0.25) is 5.91 Å². The van der Waals surface area contributed by atoms with E-state index in [2.05, 4.69) is 20.2 Å². The molecule has 2 rings (SSSR count). The number of rotatable bonds is 2. The number of hydrogen-bond acceptors (Lipinski definition) is 4. The maximum absolute atomic E-state index is 12.1. The van der Waals surface area contributed by atoms with Gasteiger partial charge in [-0.05, 0) is 27.2 Å². The van der Waals surface area contributed by atoms with E-state index in [-0.39, 0.29) is 17.4 Å². The molecule has 0 radical (unpaired) electrons. The molecule has 0 aliphatic carbocycles. The van der Waals surface area contributed by atoms with Gasteiger partial charge in [0, 0.05) is 31.0 Å². The SMILES string of the molecule is CC(C)(C)NC(=O)C1CCN(c2cnccn2)C1. The van der Waals surface area contributed by atoms with Gasteiger partial charge in [0.15, 0.2) is 0 Å². The summed E-state index contributed by atoms with van der Waals surface area (Å²) in [5.41, 5.74) is -0.170. The molecule has 5 nitrogen and oxygen atoms in total. The lowest BCUT2D eigenvalue weighted by molar-refractivity contribution is -0.125. The normalized spacial score (nSPS) is 19.9. The van der Waals surface area contributed by atoms with Gasteiger partial charge in [-0.2, -0.15) is 0 Å². The van der Waals surface area contributed by atoms with Crippen molar-refractivity contribution in [1.82, 2.24) is 15.3 Å². The quantitative estimate of drug-likeness (QED) is 0.855. The molecule has 18 heavy (non-hydrogen) atoms. The molecule has 1 atom stereocenters. The smallest absolute Gasteiger partial charge is 0.225 e. The molecular weight excluding hydrogens is 228 g/mol. The highest BCUT2D eigenvalue weighted by Crippen LogP contribution is 2.21. The zero-order valence-electron chi connectivity index (χ0n) is 11.2. The third kappa shape index (κ3) is 3.18. The number of aromatic nitrogens is 2. The van der Waals surface area contributed by atoms with E-state index in [1.54, 1.807) is 18.6 Å². The minimum Gasteiger partial charge on any atom is -0.355 e. The molecule has 0 spiro atoms. The van der Waals surface area contributed by atoms with Crippen LogP contribution in [0.4, 0.5) is 5.82 Å². The zero-order chi connectivity index (χ0) is 13.2. The van der Waals surface area contributed by atoms with Crippen LogP contribution in [-0.4, -0.2) is 34.5 Å². The standard InChI is InChI=1S/C13H20N4O/c1-13(2,3)16-12(18)10-4-7-17(9-10)11-8-14-5-6-15-11/h5-6,8,10H,4,7,9H2,1-3H3,(H,16,18). The van der Waals surface area contributed by atoms with Gasteiger partial charge in [0.25, 0.3) is 0 Å². The first kappa shape index (κ1) is 12.8. The van der Waals surface area contributed by atoms with Crippen LogP contribution in [0.25, 0.3) is 0 Å². The van der Waals surface area contributed by atoms with Gasteiger partial charge >= 0.3 is 0 Å². The van der Waals surface area contributed by atoms with E-state index in [0.29, 0.717) is 0 Å². The number of carbonyl (C=O) groups excluding carboxylic acids is 1. The minimum absolute atomic E-state index is 0.0474. The van der Waals surface area contributed by atoms with Gasteiger partial charge in [-0.3, -0.25) is 9.78 Å². The number of hydrogen-bond donors (Lipinski definition) is 1. The van der Waals surface area contributed by atoms with Crippen molar-refractivity contribution in [2.45, 2.75) is 32.7 Å². The van der Waals surface area contributed by atoms with Crippen LogP contribution in [-0.2, 0) is 4.79 Å². The predicted molar refractivity (Wildman–Crippen MR) is 70.2 cm³/mol. The first-order valence-corrected chi connectivity index (χ1v) is 6.29. The summed E-state index contributed by atoms with van der Waals surface area (Å²) >= 11 is 0. The monoisotopic (exact) mass is 248 g/mol. The second-order valence-electron chi connectivity index (χ2n) is 5.73. The summed E-state index contributed by atoms with van der Waals surface area (Å²) in [4.78, 5) is 22.5. The molecule has 1 saturated heterocycles. The molecule has 0 aromatic carbocycles. The van der Waals surface area contributed by atoms with E-state index in [4.69, 9.17) is 0 Å². The summed E-state index contributed by atoms with van der Waals surface area (Å²) in [6.45, 7) is 7.59. The molecule has 1 aromatic rings. The number of nitrogens with one attached hydrogen (secondary N) is 1. The predicted octanol–water partition coefficient (Wildman–Crippen LogP) is 1.22. The molecule has 0 bridgehead atoms. The summed E-state index contributed by atoms with van der Waals surface area (Å²) in [6, 6.07) is 0. The van der Waals surface area contributed by atoms with E-state index < -0.39 is 0 Å².